The van der Waals surface area contributed by atoms with Crippen molar-refractivity contribution in [2.24, 2.45) is 0 Å². The number of anilines is 1. The highest BCUT2D eigenvalue weighted by Gasteiger charge is 2.17. The van der Waals surface area contributed by atoms with E-state index in [-0.39, 0.29) is 18.4 Å². The summed E-state index contributed by atoms with van der Waals surface area (Å²) in [6.07, 6.45) is 1.97. The average molecular weight is 419 g/mol. The fourth-order valence-corrected chi connectivity index (χ4v) is 2.72. The average Bonchev–Trinajstić information content (AvgIpc) is 2.70. The SMILES string of the molecule is CCCCOc1ccc(C(=O)N(C)CC(=O)Nc2ccc(Cl)cc2)cc1OCC. The number of carbonyl (C=O) groups is 2. The zero-order valence-electron chi connectivity index (χ0n) is 17.0. The quantitative estimate of drug-likeness (QED) is 0.571. The first-order valence-corrected chi connectivity index (χ1v) is 10.0. The molecule has 0 heterocycles. The highest BCUT2D eigenvalue weighted by Crippen LogP contribution is 2.29. The zero-order chi connectivity index (χ0) is 21.2. The summed E-state index contributed by atoms with van der Waals surface area (Å²) in [6, 6.07) is 11.8. The molecule has 6 nitrogen and oxygen atoms in total. The van der Waals surface area contributed by atoms with Crippen molar-refractivity contribution in [3.8, 4) is 11.5 Å². The van der Waals surface area contributed by atoms with Crippen molar-refractivity contribution < 1.29 is 19.1 Å². The molecule has 2 aromatic rings. The minimum atomic E-state index is -0.298. The Labute approximate surface area is 176 Å². The van der Waals surface area contributed by atoms with Crippen LogP contribution < -0.4 is 14.8 Å². The molecule has 0 aliphatic rings. The first kappa shape index (κ1) is 22.6. The number of hydrogen-bond acceptors (Lipinski definition) is 4. The molecule has 2 amide bonds. The monoisotopic (exact) mass is 418 g/mol. The van der Waals surface area contributed by atoms with E-state index in [1.54, 1.807) is 49.5 Å². The van der Waals surface area contributed by atoms with Gasteiger partial charge in [-0.3, -0.25) is 9.59 Å². The van der Waals surface area contributed by atoms with Crippen molar-refractivity contribution >= 4 is 29.1 Å². The Morgan fingerprint density at radius 2 is 1.76 bits per heavy atom. The predicted octanol–water partition coefficient (Wildman–Crippen LogP) is 4.63. The molecule has 7 heteroatoms. The lowest BCUT2D eigenvalue weighted by atomic mass is 10.1. The highest BCUT2D eigenvalue weighted by molar-refractivity contribution is 6.30. The smallest absolute Gasteiger partial charge is 0.254 e. The van der Waals surface area contributed by atoms with E-state index in [2.05, 4.69) is 12.2 Å². The van der Waals surface area contributed by atoms with Gasteiger partial charge in [-0.1, -0.05) is 24.9 Å². The van der Waals surface area contributed by atoms with Gasteiger partial charge in [0.15, 0.2) is 11.5 Å². The van der Waals surface area contributed by atoms with Gasteiger partial charge in [-0.2, -0.15) is 0 Å². The summed E-state index contributed by atoms with van der Waals surface area (Å²) in [4.78, 5) is 26.3. The molecule has 1 N–H and O–H groups in total. The van der Waals surface area contributed by atoms with Crippen LogP contribution in [0, 0.1) is 0 Å². The van der Waals surface area contributed by atoms with Crippen molar-refractivity contribution in [1.82, 2.24) is 4.90 Å². The third-order valence-corrected chi connectivity index (χ3v) is 4.35. The topological polar surface area (TPSA) is 67.9 Å². The maximum atomic E-state index is 12.7. The lowest BCUT2D eigenvalue weighted by Gasteiger charge is -2.18. The molecule has 0 aliphatic carbocycles. The van der Waals surface area contributed by atoms with Crippen molar-refractivity contribution in [1.29, 1.82) is 0 Å². The molecule has 0 saturated heterocycles. The normalized spacial score (nSPS) is 10.3. The standard InChI is InChI=1S/C22H27ClN2O4/c1-4-6-13-29-19-12-7-16(14-20(19)28-5-2)22(27)25(3)15-21(26)24-18-10-8-17(23)9-11-18/h7-12,14H,4-6,13,15H2,1-3H3,(H,24,26). The highest BCUT2D eigenvalue weighted by atomic mass is 35.5. The second kappa shape index (κ2) is 11.3. The summed E-state index contributed by atoms with van der Waals surface area (Å²) < 4.78 is 11.4. The van der Waals surface area contributed by atoms with Crippen molar-refractivity contribution in [2.75, 3.05) is 32.1 Å². The summed E-state index contributed by atoms with van der Waals surface area (Å²) in [5.41, 5.74) is 1.05. The molecule has 0 aromatic heterocycles. The Balaban J connectivity index is 2.02. The number of ether oxygens (including phenoxy) is 2. The molecule has 2 aromatic carbocycles. The number of likely N-dealkylation sites (N-methyl/N-ethyl adjacent to an activating group) is 1. The van der Waals surface area contributed by atoms with Crippen molar-refractivity contribution in [3.63, 3.8) is 0 Å². The Kier molecular flexibility index (Phi) is 8.80. The third-order valence-electron chi connectivity index (χ3n) is 4.10. The molecule has 2 rings (SSSR count). The van der Waals surface area contributed by atoms with E-state index in [0.717, 1.165) is 12.8 Å². The van der Waals surface area contributed by atoms with Gasteiger partial charge in [0.1, 0.15) is 0 Å². The van der Waals surface area contributed by atoms with Crippen LogP contribution in [0.25, 0.3) is 0 Å². The maximum Gasteiger partial charge on any atom is 0.254 e. The summed E-state index contributed by atoms with van der Waals surface area (Å²) in [5, 5.41) is 3.33. The third kappa shape index (κ3) is 6.98. The van der Waals surface area contributed by atoms with Crippen LogP contribution in [-0.4, -0.2) is 43.5 Å². The molecular weight excluding hydrogens is 392 g/mol. The molecular formula is C22H27ClN2O4. The molecule has 0 spiro atoms. The van der Waals surface area contributed by atoms with Crippen LogP contribution in [0.3, 0.4) is 0 Å². The number of halogens is 1. The van der Waals surface area contributed by atoms with E-state index in [1.165, 1.54) is 4.90 Å². The summed E-state index contributed by atoms with van der Waals surface area (Å²) in [6.45, 7) is 4.93. The molecule has 156 valence electrons. The number of rotatable bonds is 10. The summed E-state index contributed by atoms with van der Waals surface area (Å²) in [5.74, 6) is 0.554. The molecule has 0 atom stereocenters. The first-order chi connectivity index (χ1) is 13.9. The minimum absolute atomic E-state index is 0.0832. The Hall–Kier alpha value is -2.73. The molecule has 0 bridgehead atoms. The number of hydrogen-bond donors (Lipinski definition) is 1. The molecule has 0 saturated carbocycles. The number of benzene rings is 2. The van der Waals surface area contributed by atoms with Gasteiger partial charge in [0.05, 0.1) is 19.8 Å². The Morgan fingerprint density at radius 3 is 2.41 bits per heavy atom. The molecule has 0 aliphatic heterocycles. The Morgan fingerprint density at radius 1 is 1.03 bits per heavy atom. The molecule has 29 heavy (non-hydrogen) atoms. The summed E-state index contributed by atoms with van der Waals surface area (Å²) >= 11 is 5.84. The lowest BCUT2D eigenvalue weighted by Crippen LogP contribution is -2.34. The minimum Gasteiger partial charge on any atom is -0.490 e. The van der Waals surface area contributed by atoms with Gasteiger partial charge in [0.2, 0.25) is 5.91 Å². The summed E-state index contributed by atoms with van der Waals surface area (Å²) in [7, 11) is 1.58. The van der Waals surface area contributed by atoms with Crippen LogP contribution in [0.2, 0.25) is 5.02 Å². The zero-order valence-corrected chi connectivity index (χ0v) is 17.8. The van der Waals surface area contributed by atoms with Crippen LogP contribution in [-0.2, 0) is 4.79 Å². The van der Waals surface area contributed by atoms with E-state index >= 15 is 0 Å². The van der Waals surface area contributed by atoms with Gasteiger partial charge in [-0.25, -0.2) is 0 Å². The second-order valence-corrected chi connectivity index (χ2v) is 6.95. The second-order valence-electron chi connectivity index (χ2n) is 6.51. The van der Waals surface area contributed by atoms with E-state index in [4.69, 9.17) is 21.1 Å². The maximum absolute atomic E-state index is 12.7. The molecule has 0 radical (unpaired) electrons. The van der Waals surface area contributed by atoms with Gasteiger partial charge in [0.25, 0.3) is 5.91 Å². The lowest BCUT2D eigenvalue weighted by molar-refractivity contribution is -0.116. The first-order valence-electron chi connectivity index (χ1n) is 9.65. The van der Waals surface area contributed by atoms with E-state index in [0.29, 0.717) is 41.0 Å². The number of carbonyl (C=O) groups excluding carboxylic acids is 2. The Bertz CT molecular complexity index is 824. The van der Waals surface area contributed by atoms with Crippen molar-refractivity contribution in [2.45, 2.75) is 26.7 Å². The van der Waals surface area contributed by atoms with E-state index < -0.39 is 0 Å². The van der Waals surface area contributed by atoms with Crippen LogP contribution in [0.15, 0.2) is 42.5 Å². The molecule has 0 fully saturated rings. The predicted molar refractivity (Wildman–Crippen MR) is 115 cm³/mol. The van der Waals surface area contributed by atoms with Gasteiger partial charge in [-0.15, -0.1) is 0 Å². The molecule has 0 unspecified atom stereocenters. The largest absolute Gasteiger partial charge is 0.490 e. The fraction of sp³-hybridized carbons (Fsp3) is 0.364. The van der Waals surface area contributed by atoms with Crippen LogP contribution in [0.4, 0.5) is 5.69 Å². The van der Waals surface area contributed by atoms with E-state index in [9.17, 15) is 9.59 Å². The number of amides is 2. The number of nitrogens with zero attached hydrogens (tertiary/aromatic N) is 1. The van der Waals surface area contributed by atoms with Gasteiger partial charge >= 0.3 is 0 Å². The van der Waals surface area contributed by atoms with Crippen molar-refractivity contribution in [3.05, 3.63) is 53.1 Å². The van der Waals surface area contributed by atoms with Crippen LogP contribution in [0.5, 0.6) is 11.5 Å². The van der Waals surface area contributed by atoms with Crippen LogP contribution in [0.1, 0.15) is 37.0 Å². The van der Waals surface area contributed by atoms with Crippen LogP contribution >= 0.6 is 11.6 Å². The van der Waals surface area contributed by atoms with Gasteiger partial charge < -0.3 is 19.7 Å². The van der Waals surface area contributed by atoms with Gasteiger partial charge in [-0.05, 0) is 55.8 Å². The number of unbranched alkanes of at least 4 members (excludes halogenated alkanes) is 1. The number of nitrogens with one attached hydrogen (secondary N) is 1. The van der Waals surface area contributed by atoms with Gasteiger partial charge in [0, 0.05) is 23.3 Å². The fourth-order valence-electron chi connectivity index (χ4n) is 2.60. The van der Waals surface area contributed by atoms with E-state index in [1.807, 2.05) is 6.92 Å².